The lowest BCUT2D eigenvalue weighted by atomic mass is 10.2. The molecule has 8 nitrogen and oxygen atoms in total. The van der Waals surface area contributed by atoms with Crippen molar-refractivity contribution < 1.29 is 17.6 Å². The molecule has 152 valence electrons. The van der Waals surface area contributed by atoms with Crippen molar-refractivity contribution in [1.29, 1.82) is 0 Å². The highest BCUT2D eigenvalue weighted by Crippen LogP contribution is 2.16. The number of rotatable bonds is 10. The maximum Gasteiger partial charge on any atom is 0.335 e. The molecule has 0 spiro atoms. The smallest absolute Gasteiger partial charge is 0.335 e. The Labute approximate surface area is 169 Å². The molecule has 0 fully saturated rings. The van der Waals surface area contributed by atoms with Crippen molar-refractivity contribution in [3.8, 4) is 0 Å². The van der Waals surface area contributed by atoms with Crippen LogP contribution in [-0.4, -0.2) is 36.1 Å². The van der Waals surface area contributed by atoms with E-state index in [2.05, 4.69) is 20.5 Å². The number of sulfone groups is 1. The Kier molecular flexibility index (Phi) is 7.07. The molecule has 0 bridgehead atoms. The molecule has 0 radical (unpaired) electrons. The number of benzene rings is 1. The lowest BCUT2D eigenvalue weighted by Crippen LogP contribution is -2.25. The van der Waals surface area contributed by atoms with Crippen LogP contribution in [0.4, 0.5) is 0 Å². The zero-order valence-electron chi connectivity index (χ0n) is 15.8. The Morgan fingerprint density at radius 1 is 0.966 bits per heavy atom. The average Bonchev–Trinajstić information content (AvgIpc) is 3.21. The zero-order valence-corrected chi connectivity index (χ0v) is 16.6. The molecule has 3 rings (SSSR count). The number of aromatic nitrogens is 3. The van der Waals surface area contributed by atoms with Gasteiger partial charge in [-0.1, -0.05) is 47.9 Å². The monoisotopic (exact) mass is 414 g/mol. The number of pyridine rings is 1. The number of unbranched alkanes of at least 4 members (excludes halogenated alkanes) is 2. The minimum absolute atomic E-state index is 0.175. The van der Waals surface area contributed by atoms with Crippen molar-refractivity contribution in [3.05, 3.63) is 71.9 Å². The first-order valence-corrected chi connectivity index (χ1v) is 11.0. The SMILES string of the molecule is O=C(NCCCCCc1nnc(S(=O)(=O)Cc2ccccc2)o1)c1ccccn1. The van der Waals surface area contributed by atoms with Gasteiger partial charge in [-0.3, -0.25) is 9.78 Å². The quantitative estimate of drug-likeness (QED) is 0.507. The van der Waals surface area contributed by atoms with Gasteiger partial charge in [0.25, 0.3) is 5.91 Å². The van der Waals surface area contributed by atoms with Crippen LogP contribution in [0, 0.1) is 0 Å². The first-order chi connectivity index (χ1) is 14.0. The van der Waals surface area contributed by atoms with Gasteiger partial charge in [-0.25, -0.2) is 8.42 Å². The fraction of sp³-hybridized carbons (Fsp3) is 0.300. The maximum atomic E-state index is 12.4. The largest absolute Gasteiger partial charge is 0.413 e. The summed E-state index contributed by atoms with van der Waals surface area (Å²) in [5, 5.41) is 9.99. The summed E-state index contributed by atoms with van der Waals surface area (Å²) in [6.07, 6.45) is 4.43. The molecule has 0 saturated heterocycles. The number of amides is 1. The summed E-state index contributed by atoms with van der Waals surface area (Å²) < 4.78 is 30.1. The summed E-state index contributed by atoms with van der Waals surface area (Å²) in [6, 6.07) is 14.0. The van der Waals surface area contributed by atoms with E-state index in [1.54, 1.807) is 48.7 Å². The van der Waals surface area contributed by atoms with Gasteiger partial charge in [0, 0.05) is 19.2 Å². The fourth-order valence-corrected chi connectivity index (χ4v) is 3.83. The molecule has 2 aromatic heterocycles. The van der Waals surface area contributed by atoms with Crippen molar-refractivity contribution >= 4 is 15.7 Å². The summed E-state index contributed by atoms with van der Waals surface area (Å²) in [5.74, 6) is -0.0734. The predicted octanol–water partition coefficient (Wildman–Crippen LogP) is 2.58. The molecule has 0 atom stereocenters. The Morgan fingerprint density at radius 2 is 1.76 bits per heavy atom. The molecule has 1 aromatic carbocycles. The molecule has 0 aliphatic heterocycles. The van der Waals surface area contributed by atoms with Gasteiger partial charge in [0.1, 0.15) is 5.69 Å². The minimum atomic E-state index is -3.66. The van der Waals surface area contributed by atoms with Crippen LogP contribution in [0.3, 0.4) is 0 Å². The Hall–Kier alpha value is -3.07. The van der Waals surface area contributed by atoms with Crippen LogP contribution in [0.15, 0.2) is 64.4 Å². The maximum absolute atomic E-state index is 12.4. The average molecular weight is 414 g/mol. The molecule has 0 saturated carbocycles. The third-order valence-corrected chi connectivity index (χ3v) is 5.57. The third-order valence-electron chi connectivity index (χ3n) is 4.16. The summed E-state index contributed by atoms with van der Waals surface area (Å²) in [7, 11) is -3.66. The molecular formula is C20H22N4O4S. The van der Waals surface area contributed by atoms with E-state index in [1.807, 2.05) is 6.07 Å². The Balaban J connectivity index is 1.39. The third kappa shape index (κ3) is 6.21. The zero-order chi connectivity index (χ0) is 20.5. The van der Waals surface area contributed by atoms with Crippen LogP contribution in [0.25, 0.3) is 0 Å². The number of hydrogen-bond donors (Lipinski definition) is 1. The first-order valence-electron chi connectivity index (χ1n) is 9.33. The van der Waals surface area contributed by atoms with Gasteiger partial charge in [-0.15, -0.1) is 5.10 Å². The van der Waals surface area contributed by atoms with Gasteiger partial charge < -0.3 is 9.73 Å². The van der Waals surface area contributed by atoms with E-state index in [9.17, 15) is 13.2 Å². The highest BCUT2D eigenvalue weighted by Gasteiger charge is 2.22. The van der Waals surface area contributed by atoms with Crippen molar-refractivity contribution in [3.63, 3.8) is 0 Å². The van der Waals surface area contributed by atoms with Crippen LogP contribution in [0.1, 0.15) is 41.2 Å². The van der Waals surface area contributed by atoms with Crippen molar-refractivity contribution in [1.82, 2.24) is 20.5 Å². The number of carbonyl (C=O) groups is 1. The lowest BCUT2D eigenvalue weighted by molar-refractivity contribution is 0.0948. The molecule has 3 aromatic rings. The number of nitrogens with one attached hydrogen (secondary N) is 1. The van der Waals surface area contributed by atoms with E-state index in [-0.39, 0.29) is 16.9 Å². The van der Waals surface area contributed by atoms with Crippen LogP contribution < -0.4 is 5.32 Å². The molecule has 0 unspecified atom stereocenters. The Bertz CT molecular complexity index is 1020. The van der Waals surface area contributed by atoms with E-state index in [0.717, 1.165) is 19.3 Å². The molecule has 1 N–H and O–H groups in total. The van der Waals surface area contributed by atoms with Crippen molar-refractivity contribution in [2.24, 2.45) is 0 Å². The highest BCUT2D eigenvalue weighted by atomic mass is 32.2. The number of nitrogens with zero attached hydrogens (tertiary/aromatic N) is 3. The number of aryl methyl sites for hydroxylation is 1. The second-order valence-electron chi connectivity index (χ2n) is 6.49. The topological polar surface area (TPSA) is 115 Å². The van der Waals surface area contributed by atoms with Crippen molar-refractivity contribution in [2.45, 2.75) is 36.7 Å². The predicted molar refractivity (Wildman–Crippen MR) is 106 cm³/mol. The fourth-order valence-electron chi connectivity index (χ4n) is 2.69. The summed E-state index contributed by atoms with van der Waals surface area (Å²) in [6.45, 7) is 0.538. The highest BCUT2D eigenvalue weighted by molar-refractivity contribution is 7.90. The van der Waals surface area contributed by atoms with E-state index >= 15 is 0 Å². The van der Waals surface area contributed by atoms with Gasteiger partial charge in [0.05, 0.1) is 5.75 Å². The number of hydrogen-bond acceptors (Lipinski definition) is 7. The molecule has 0 aliphatic rings. The second-order valence-corrected chi connectivity index (χ2v) is 8.36. The molecule has 0 aliphatic carbocycles. The summed E-state index contributed by atoms with van der Waals surface area (Å²) >= 11 is 0. The molecule has 29 heavy (non-hydrogen) atoms. The first kappa shape index (κ1) is 20.7. The van der Waals surface area contributed by atoms with Crippen LogP contribution >= 0.6 is 0 Å². The molecule has 9 heteroatoms. The van der Waals surface area contributed by atoms with E-state index in [1.165, 1.54) is 0 Å². The van der Waals surface area contributed by atoms with Crippen LogP contribution in [-0.2, 0) is 22.0 Å². The lowest BCUT2D eigenvalue weighted by Gasteiger charge is -2.04. The molecule has 2 heterocycles. The minimum Gasteiger partial charge on any atom is -0.413 e. The Morgan fingerprint density at radius 3 is 2.52 bits per heavy atom. The van der Waals surface area contributed by atoms with Crippen molar-refractivity contribution in [2.75, 3.05) is 6.54 Å². The van der Waals surface area contributed by atoms with Gasteiger partial charge in [0.15, 0.2) is 0 Å². The summed E-state index contributed by atoms with van der Waals surface area (Å²) in [4.78, 5) is 15.9. The van der Waals surface area contributed by atoms with Crippen LogP contribution in [0.2, 0.25) is 0 Å². The summed E-state index contributed by atoms with van der Waals surface area (Å²) in [5.41, 5.74) is 1.06. The standard InChI is InChI=1S/C20H22N4O4S/c25-19(17-11-6-8-13-21-17)22-14-7-2-5-12-18-23-24-20(28-18)29(26,27)15-16-9-3-1-4-10-16/h1,3-4,6,8-11,13H,2,5,7,12,14-15H2,(H,22,25). The van der Waals surface area contributed by atoms with Crippen LogP contribution in [0.5, 0.6) is 0 Å². The molecular weight excluding hydrogens is 392 g/mol. The second kappa shape index (κ2) is 9.92. The van der Waals surface area contributed by atoms with Gasteiger partial charge >= 0.3 is 5.22 Å². The van der Waals surface area contributed by atoms with E-state index < -0.39 is 9.84 Å². The van der Waals surface area contributed by atoms with Gasteiger partial charge in [-0.05, 0) is 30.5 Å². The molecule has 1 amide bonds. The van der Waals surface area contributed by atoms with E-state index in [0.29, 0.717) is 30.1 Å². The normalized spacial score (nSPS) is 11.3. The van der Waals surface area contributed by atoms with E-state index in [4.69, 9.17) is 4.42 Å². The van der Waals surface area contributed by atoms with Gasteiger partial charge in [0.2, 0.25) is 15.7 Å². The van der Waals surface area contributed by atoms with Gasteiger partial charge in [-0.2, -0.15) is 0 Å². The number of carbonyl (C=O) groups excluding carboxylic acids is 1.